The first-order chi connectivity index (χ1) is 17.1. The fourth-order valence-corrected chi connectivity index (χ4v) is 4.84. The van der Waals surface area contributed by atoms with E-state index in [1.54, 1.807) is 28.7 Å². The number of para-hydroxylation sites is 2. The molecule has 8 heteroatoms. The fourth-order valence-electron chi connectivity index (χ4n) is 3.68. The number of imidazole rings is 1. The molecule has 178 valence electrons. The van der Waals surface area contributed by atoms with Gasteiger partial charge in [-0.2, -0.15) is 0 Å². The van der Waals surface area contributed by atoms with Crippen molar-refractivity contribution in [2.24, 2.45) is 0 Å². The highest BCUT2D eigenvalue weighted by Gasteiger charge is 2.11. The van der Waals surface area contributed by atoms with Gasteiger partial charge in [0.1, 0.15) is 24.7 Å². The summed E-state index contributed by atoms with van der Waals surface area (Å²) in [6, 6.07) is 20.9. The quantitative estimate of drug-likeness (QED) is 0.266. The maximum absolute atomic E-state index is 13.1. The standard InChI is InChI=1S/C27H23ClN2O4S/c1-18-6-9-21(10-7-18)33-14-12-32-13-15-34-24-11-8-20(28)16-19(24)17-25-26(31)30-23-5-3-2-4-22(23)29-27(30)35-25/h2-11,16-17H,12-15H2,1H3/b25-17-. The largest absolute Gasteiger partial charge is 0.491 e. The molecule has 0 radical (unpaired) electrons. The van der Waals surface area contributed by atoms with E-state index in [0.717, 1.165) is 22.3 Å². The number of aryl methyl sites for hydroxylation is 1. The highest BCUT2D eigenvalue weighted by atomic mass is 35.5. The van der Waals surface area contributed by atoms with Gasteiger partial charge in [-0.3, -0.25) is 4.79 Å². The van der Waals surface area contributed by atoms with Gasteiger partial charge in [0, 0.05) is 10.6 Å². The lowest BCUT2D eigenvalue weighted by Crippen LogP contribution is -2.22. The number of nitrogens with zero attached hydrogens (tertiary/aromatic N) is 2. The van der Waals surface area contributed by atoms with Crippen molar-refractivity contribution in [2.75, 3.05) is 26.4 Å². The van der Waals surface area contributed by atoms with E-state index in [2.05, 4.69) is 4.98 Å². The monoisotopic (exact) mass is 506 g/mol. The van der Waals surface area contributed by atoms with E-state index in [1.807, 2.05) is 55.5 Å². The van der Waals surface area contributed by atoms with Crippen LogP contribution in [0.2, 0.25) is 5.02 Å². The molecule has 0 fully saturated rings. The van der Waals surface area contributed by atoms with E-state index in [0.29, 0.717) is 46.7 Å². The van der Waals surface area contributed by atoms with Crippen LogP contribution in [0.1, 0.15) is 11.1 Å². The summed E-state index contributed by atoms with van der Waals surface area (Å²) in [5, 5.41) is 0.562. The second kappa shape index (κ2) is 10.5. The Labute approximate surface area is 211 Å². The molecule has 0 aliphatic carbocycles. The van der Waals surface area contributed by atoms with Crippen molar-refractivity contribution >= 4 is 45.0 Å². The first-order valence-corrected chi connectivity index (χ1v) is 12.4. The highest BCUT2D eigenvalue weighted by molar-refractivity contribution is 7.15. The summed E-state index contributed by atoms with van der Waals surface area (Å²) in [4.78, 5) is 18.3. The summed E-state index contributed by atoms with van der Waals surface area (Å²) in [5.41, 5.74) is 3.42. The Morgan fingerprint density at radius 3 is 2.57 bits per heavy atom. The Hall–Kier alpha value is -3.39. The number of hydrogen-bond donors (Lipinski definition) is 0. The van der Waals surface area contributed by atoms with Gasteiger partial charge in [-0.15, -0.1) is 0 Å². The Balaban J connectivity index is 1.23. The van der Waals surface area contributed by atoms with Crippen molar-refractivity contribution in [3.63, 3.8) is 0 Å². The van der Waals surface area contributed by atoms with Crippen molar-refractivity contribution in [3.8, 4) is 11.5 Å². The normalized spacial score (nSPS) is 12.0. The first kappa shape index (κ1) is 23.4. The molecule has 3 aromatic carbocycles. The summed E-state index contributed by atoms with van der Waals surface area (Å²) in [5.74, 6) is 1.45. The SMILES string of the molecule is Cc1ccc(OCCOCCOc2ccc(Cl)cc2/C=c2\sc3nc4ccccc4n3c2=O)cc1. The second-order valence-electron chi connectivity index (χ2n) is 7.94. The lowest BCUT2D eigenvalue weighted by molar-refractivity contribution is 0.0764. The van der Waals surface area contributed by atoms with Crippen LogP contribution < -0.4 is 19.6 Å². The molecule has 0 amide bonds. The number of hydrogen-bond acceptors (Lipinski definition) is 6. The van der Waals surface area contributed by atoms with Crippen molar-refractivity contribution in [2.45, 2.75) is 6.92 Å². The zero-order valence-corrected chi connectivity index (χ0v) is 20.6. The molecule has 0 bridgehead atoms. The van der Waals surface area contributed by atoms with E-state index < -0.39 is 0 Å². The third kappa shape index (κ3) is 5.32. The van der Waals surface area contributed by atoms with Gasteiger partial charge < -0.3 is 14.2 Å². The second-order valence-corrected chi connectivity index (χ2v) is 9.38. The lowest BCUT2D eigenvalue weighted by atomic mass is 10.2. The number of aromatic nitrogens is 2. The van der Waals surface area contributed by atoms with Gasteiger partial charge >= 0.3 is 0 Å². The predicted octanol–water partition coefficient (Wildman–Crippen LogP) is 4.89. The van der Waals surface area contributed by atoms with E-state index in [1.165, 1.54) is 16.9 Å². The molecular weight excluding hydrogens is 484 g/mol. The highest BCUT2D eigenvalue weighted by Crippen LogP contribution is 2.24. The number of thiazole rings is 1. The van der Waals surface area contributed by atoms with Gasteiger partial charge in [-0.05, 0) is 55.5 Å². The van der Waals surface area contributed by atoms with Gasteiger partial charge in [0.15, 0.2) is 4.96 Å². The average molecular weight is 507 g/mol. The smallest absolute Gasteiger partial charge is 0.274 e. The van der Waals surface area contributed by atoms with E-state index in [4.69, 9.17) is 25.8 Å². The lowest BCUT2D eigenvalue weighted by Gasteiger charge is -2.11. The number of halogens is 1. The average Bonchev–Trinajstić information content (AvgIpc) is 3.36. The third-order valence-electron chi connectivity index (χ3n) is 5.41. The molecule has 0 unspecified atom stereocenters. The third-order valence-corrected chi connectivity index (χ3v) is 6.61. The van der Waals surface area contributed by atoms with Gasteiger partial charge in [0.05, 0.1) is 28.8 Å². The molecule has 2 heterocycles. The van der Waals surface area contributed by atoms with Crippen LogP contribution in [0.4, 0.5) is 0 Å². The minimum Gasteiger partial charge on any atom is -0.491 e. The maximum Gasteiger partial charge on any atom is 0.274 e. The minimum atomic E-state index is -0.110. The fraction of sp³-hybridized carbons (Fsp3) is 0.185. The van der Waals surface area contributed by atoms with Crippen LogP contribution >= 0.6 is 22.9 Å². The van der Waals surface area contributed by atoms with Crippen LogP contribution in [-0.2, 0) is 4.74 Å². The van der Waals surface area contributed by atoms with Crippen molar-refractivity contribution < 1.29 is 14.2 Å². The molecule has 35 heavy (non-hydrogen) atoms. The topological polar surface area (TPSA) is 62.1 Å². The van der Waals surface area contributed by atoms with E-state index in [9.17, 15) is 4.79 Å². The predicted molar refractivity (Wildman–Crippen MR) is 140 cm³/mol. The minimum absolute atomic E-state index is 0.110. The zero-order chi connectivity index (χ0) is 24.2. The van der Waals surface area contributed by atoms with Gasteiger partial charge in [-0.25, -0.2) is 9.38 Å². The molecule has 0 aliphatic heterocycles. The van der Waals surface area contributed by atoms with E-state index >= 15 is 0 Å². The van der Waals surface area contributed by atoms with Crippen molar-refractivity contribution in [1.82, 2.24) is 9.38 Å². The van der Waals surface area contributed by atoms with Gasteiger partial charge in [-0.1, -0.05) is 52.8 Å². The maximum atomic E-state index is 13.1. The molecule has 5 rings (SSSR count). The molecule has 2 aromatic heterocycles. The molecule has 6 nitrogen and oxygen atoms in total. The molecule has 5 aromatic rings. The molecule has 0 spiro atoms. The Kier molecular flexibility index (Phi) is 6.99. The first-order valence-electron chi connectivity index (χ1n) is 11.2. The summed E-state index contributed by atoms with van der Waals surface area (Å²) in [7, 11) is 0. The summed E-state index contributed by atoms with van der Waals surface area (Å²) >= 11 is 7.57. The summed E-state index contributed by atoms with van der Waals surface area (Å²) in [6.45, 7) is 3.72. The van der Waals surface area contributed by atoms with Crippen molar-refractivity contribution in [3.05, 3.63) is 97.8 Å². The van der Waals surface area contributed by atoms with E-state index in [-0.39, 0.29) is 5.56 Å². The van der Waals surface area contributed by atoms with Gasteiger partial charge in [0.2, 0.25) is 0 Å². The molecular formula is C27H23ClN2O4S. The number of benzene rings is 3. The molecule has 0 aliphatic rings. The van der Waals surface area contributed by atoms with Crippen LogP contribution in [0.5, 0.6) is 11.5 Å². The Bertz CT molecular complexity index is 1580. The summed E-state index contributed by atoms with van der Waals surface area (Å²) < 4.78 is 19.4. The van der Waals surface area contributed by atoms with Crippen molar-refractivity contribution in [1.29, 1.82) is 0 Å². The van der Waals surface area contributed by atoms with Crippen LogP contribution in [0.15, 0.2) is 71.5 Å². The zero-order valence-electron chi connectivity index (χ0n) is 19.1. The molecule has 0 saturated carbocycles. The van der Waals surface area contributed by atoms with Crippen LogP contribution in [0.3, 0.4) is 0 Å². The van der Waals surface area contributed by atoms with Gasteiger partial charge in [0.25, 0.3) is 5.56 Å². The number of rotatable bonds is 9. The molecule has 0 atom stereocenters. The number of ether oxygens (including phenoxy) is 3. The number of fused-ring (bicyclic) bond motifs is 3. The molecule has 0 saturated heterocycles. The van der Waals surface area contributed by atoms with Crippen LogP contribution in [0, 0.1) is 6.92 Å². The summed E-state index contributed by atoms with van der Waals surface area (Å²) in [6.07, 6.45) is 1.80. The molecule has 0 N–H and O–H groups in total. The Morgan fingerprint density at radius 2 is 1.74 bits per heavy atom. The van der Waals surface area contributed by atoms with Crippen LogP contribution in [-0.4, -0.2) is 35.8 Å². The Morgan fingerprint density at radius 1 is 0.971 bits per heavy atom. The van der Waals surface area contributed by atoms with Crippen LogP contribution in [0.25, 0.3) is 22.1 Å².